The van der Waals surface area contributed by atoms with Gasteiger partial charge in [-0.1, -0.05) is 90.9 Å². The van der Waals surface area contributed by atoms with Crippen molar-refractivity contribution in [1.82, 2.24) is 0 Å². The monoisotopic (exact) mass is 378 g/mol. The van der Waals surface area contributed by atoms with Gasteiger partial charge < -0.3 is 4.74 Å². The Morgan fingerprint density at radius 2 is 1.07 bits per heavy atom. The molecule has 0 aromatic carbocycles. The third kappa shape index (κ3) is 9.82. The molecule has 0 amide bonds. The average Bonchev–Trinajstić information content (AvgIpc) is 2.71. The third-order valence-corrected chi connectivity index (χ3v) is 7.59. The first-order valence-electron chi connectivity index (χ1n) is 12.9. The zero-order valence-corrected chi connectivity index (χ0v) is 18.9. The van der Waals surface area contributed by atoms with Crippen LogP contribution in [0.15, 0.2) is 0 Å². The van der Waals surface area contributed by atoms with E-state index in [0.717, 1.165) is 24.4 Å². The molecule has 2 aliphatic carbocycles. The third-order valence-electron chi connectivity index (χ3n) is 7.59. The van der Waals surface area contributed by atoms with Crippen LogP contribution in [0, 0.1) is 17.8 Å². The van der Waals surface area contributed by atoms with Crippen LogP contribution in [0.5, 0.6) is 0 Å². The van der Waals surface area contributed by atoms with Gasteiger partial charge in [0.15, 0.2) is 0 Å². The second-order valence-electron chi connectivity index (χ2n) is 9.81. The van der Waals surface area contributed by atoms with E-state index in [1.54, 1.807) is 0 Å². The van der Waals surface area contributed by atoms with Crippen LogP contribution in [0.1, 0.15) is 136 Å². The molecule has 27 heavy (non-hydrogen) atoms. The van der Waals surface area contributed by atoms with Crippen molar-refractivity contribution in [3.63, 3.8) is 0 Å². The zero-order valence-electron chi connectivity index (χ0n) is 18.9. The zero-order chi connectivity index (χ0) is 19.2. The van der Waals surface area contributed by atoms with Gasteiger partial charge in [0.25, 0.3) is 0 Å². The summed E-state index contributed by atoms with van der Waals surface area (Å²) in [5.41, 5.74) is 0. The quantitative estimate of drug-likeness (QED) is 0.275. The Hall–Kier alpha value is -0.0400. The van der Waals surface area contributed by atoms with Gasteiger partial charge in [-0.3, -0.25) is 0 Å². The van der Waals surface area contributed by atoms with Crippen LogP contribution in [0.2, 0.25) is 0 Å². The molecule has 0 radical (unpaired) electrons. The topological polar surface area (TPSA) is 9.23 Å². The summed E-state index contributed by atoms with van der Waals surface area (Å²) in [5.74, 6) is 3.14. The highest BCUT2D eigenvalue weighted by Crippen LogP contribution is 2.41. The Bertz CT molecular complexity index is 323. The fourth-order valence-electron chi connectivity index (χ4n) is 5.64. The Morgan fingerprint density at radius 3 is 1.67 bits per heavy atom. The molecule has 0 bridgehead atoms. The molecule has 1 heteroatoms. The lowest BCUT2D eigenvalue weighted by atomic mass is 9.70. The van der Waals surface area contributed by atoms with E-state index in [4.69, 9.17) is 4.74 Å². The van der Waals surface area contributed by atoms with Crippen LogP contribution in [0.25, 0.3) is 0 Å². The first-order chi connectivity index (χ1) is 13.3. The minimum atomic E-state index is 0.589. The molecule has 0 aromatic heterocycles. The molecule has 0 heterocycles. The van der Waals surface area contributed by atoms with E-state index in [1.165, 1.54) is 122 Å². The normalized spacial score (nSPS) is 29.1. The molecule has 2 saturated carbocycles. The molecule has 2 rings (SSSR count). The second-order valence-corrected chi connectivity index (χ2v) is 9.81. The van der Waals surface area contributed by atoms with E-state index in [1.807, 2.05) is 0 Å². The lowest BCUT2D eigenvalue weighted by Gasteiger charge is -2.38. The smallest absolute Gasteiger partial charge is 0.0575 e. The van der Waals surface area contributed by atoms with E-state index in [2.05, 4.69) is 13.8 Å². The predicted octanol–water partition coefficient (Wildman–Crippen LogP) is 8.70. The van der Waals surface area contributed by atoms with Crippen molar-refractivity contribution >= 4 is 0 Å². The first-order valence-corrected chi connectivity index (χ1v) is 12.9. The molecule has 2 fully saturated rings. The Morgan fingerprint density at radius 1 is 0.556 bits per heavy atom. The van der Waals surface area contributed by atoms with Gasteiger partial charge in [-0.05, 0) is 62.7 Å². The molecular formula is C26H50O. The van der Waals surface area contributed by atoms with Gasteiger partial charge >= 0.3 is 0 Å². The summed E-state index contributed by atoms with van der Waals surface area (Å²) < 4.78 is 6.07. The van der Waals surface area contributed by atoms with Crippen LogP contribution < -0.4 is 0 Å². The molecule has 0 aromatic rings. The summed E-state index contributed by atoms with van der Waals surface area (Å²) in [6.07, 6.45) is 28.1. The lowest BCUT2D eigenvalue weighted by molar-refractivity contribution is 0.00576. The largest absolute Gasteiger partial charge is 0.378 e. The molecular weight excluding hydrogens is 328 g/mol. The molecule has 0 unspecified atom stereocenters. The minimum absolute atomic E-state index is 0.589. The van der Waals surface area contributed by atoms with Crippen LogP contribution in [-0.4, -0.2) is 12.7 Å². The molecule has 0 N–H and O–H groups in total. The summed E-state index contributed by atoms with van der Waals surface area (Å²) >= 11 is 0. The first kappa shape index (κ1) is 23.2. The van der Waals surface area contributed by atoms with Crippen LogP contribution >= 0.6 is 0 Å². The maximum absolute atomic E-state index is 6.07. The van der Waals surface area contributed by atoms with Crippen molar-refractivity contribution in [2.45, 2.75) is 142 Å². The van der Waals surface area contributed by atoms with Gasteiger partial charge in [0.2, 0.25) is 0 Å². The van der Waals surface area contributed by atoms with E-state index < -0.39 is 0 Å². The molecule has 0 atom stereocenters. The van der Waals surface area contributed by atoms with E-state index in [-0.39, 0.29) is 0 Å². The van der Waals surface area contributed by atoms with E-state index in [0.29, 0.717) is 6.10 Å². The van der Waals surface area contributed by atoms with Gasteiger partial charge in [-0.25, -0.2) is 0 Å². The number of hydrogen-bond acceptors (Lipinski definition) is 1. The van der Waals surface area contributed by atoms with Crippen molar-refractivity contribution in [2.75, 3.05) is 6.61 Å². The fourth-order valence-corrected chi connectivity index (χ4v) is 5.64. The number of ether oxygens (including phenoxy) is 1. The Labute approximate surface area is 171 Å². The van der Waals surface area contributed by atoms with Crippen LogP contribution in [-0.2, 0) is 4.74 Å². The van der Waals surface area contributed by atoms with Gasteiger partial charge in [0, 0.05) is 6.61 Å². The van der Waals surface area contributed by atoms with Crippen molar-refractivity contribution in [3.8, 4) is 0 Å². The standard InChI is InChI=1S/C26H50O/c1-3-5-7-8-9-10-11-12-13-23-14-16-24(17-15-23)25-18-20-26(21-19-25)27-22-6-4-2/h23-26H,3-22H2,1-2H3/t23-,24-,25-,26-. The number of rotatable bonds is 14. The van der Waals surface area contributed by atoms with Gasteiger partial charge in [-0.2, -0.15) is 0 Å². The predicted molar refractivity (Wildman–Crippen MR) is 119 cm³/mol. The Kier molecular flexibility index (Phi) is 12.8. The molecule has 0 saturated heterocycles. The van der Waals surface area contributed by atoms with Crippen molar-refractivity contribution in [2.24, 2.45) is 17.8 Å². The average molecular weight is 379 g/mol. The van der Waals surface area contributed by atoms with Gasteiger partial charge in [0.1, 0.15) is 0 Å². The SMILES string of the molecule is CCCCCCCCCC[C@H]1CC[C@H]([C@H]2CC[C@H](OCCCC)CC2)CC1. The highest BCUT2D eigenvalue weighted by atomic mass is 16.5. The minimum Gasteiger partial charge on any atom is -0.378 e. The van der Waals surface area contributed by atoms with Gasteiger partial charge in [0.05, 0.1) is 6.10 Å². The van der Waals surface area contributed by atoms with E-state index in [9.17, 15) is 0 Å². The summed E-state index contributed by atoms with van der Waals surface area (Å²) in [6, 6.07) is 0. The van der Waals surface area contributed by atoms with Crippen molar-refractivity contribution < 1.29 is 4.74 Å². The maximum Gasteiger partial charge on any atom is 0.0575 e. The number of hydrogen-bond donors (Lipinski definition) is 0. The molecule has 2 aliphatic rings. The molecule has 160 valence electrons. The summed E-state index contributed by atoms with van der Waals surface area (Å²) in [4.78, 5) is 0. The maximum atomic E-state index is 6.07. The second kappa shape index (κ2) is 14.9. The fraction of sp³-hybridized carbons (Fsp3) is 1.00. The lowest BCUT2D eigenvalue weighted by Crippen LogP contribution is -2.28. The summed E-state index contributed by atoms with van der Waals surface area (Å²) in [6.45, 7) is 5.56. The molecule has 1 nitrogen and oxygen atoms in total. The Balaban J connectivity index is 1.46. The highest BCUT2D eigenvalue weighted by Gasteiger charge is 2.30. The van der Waals surface area contributed by atoms with Crippen LogP contribution in [0.4, 0.5) is 0 Å². The summed E-state index contributed by atoms with van der Waals surface area (Å²) in [5, 5.41) is 0. The molecule has 0 aliphatic heterocycles. The highest BCUT2D eigenvalue weighted by molar-refractivity contribution is 4.82. The van der Waals surface area contributed by atoms with Crippen molar-refractivity contribution in [1.29, 1.82) is 0 Å². The van der Waals surface area contributed by atoms with E-state index >= 15 is 0 Å². The van der Waals surface area contributed by atoms with Crippen molar-refractivity contribution in [3.05, 3.63) is 0 Å². The van der Waals surface area contributed by atoms with Crippen LogP contribution in [0.3, 0.4) is 0 Å². The summed E-state index contributed by atoms with van der Waals surface area (Å²) in [7, 11) is 0. The molecule has 0 spiro atoms. The van der Waals surface area contributed by atoms with Gasteiger partial charge in [-0.15, -0.1) is 0 Å². The number of unbranched alkanes of at least 4 members (excludes halogenated alkanes) is 8.